The summed E-state index contributed by atoms with van der Waals surface area (Å²) in [6.07, 6.45) is 5.81. The number of aromatic nitrogens is 1. The summed E-state index contributed by atoms with van der Waals surface area (Å²) in [4.78, 5) is 24.0. The lowest BCUT2D eigenvalue weighted by Crippen LogP contribution is -2.21. The van der Waals surface area contributed by atoms with Gasteiger partial charge in [0.05, 0.1) is 26.0 Å². The molecule has 0 unspecified atom stereocenters. The number of hydrogen-bond donors (Lipinski definition) is 0. The quantitative estimate of drug-likeness (QED) is 0.365. The lowest BCUT2D eigenvalue weighted by molar-refractivity contribution is -0.146. The molecule has 0 bridgehead atoms. The first-order valence-electron chi connectivity index (χ1n) is 10.3. The molecule has 0 amide bonds. The molecule has 2 rings (SSSR count). The summed E-state index contributed by atoms with van der Waals surface area (Å²) in [5.41, 5.74) is 0.368. The molecular formula is C23H31NO6. The fourth-order valence-corrected chi connectivity index (χ4v) is 2.89. The van der Waals surface area contributed by atoms with Crippen LogP contribution in [0.5, 0.6) is 17.2 Å². The van der Waals surface area contributed by atoms with Gasteiger partial charge in [0.1, 0.15) is 18.1 Å². The van der Waals surface area contributed by atoms with E-state index in [2.05, 4.69) is 6.92 Å². The third-order valence-corrected chi connectivity index (χ3v) is 4.64. The number of hydrogen-bond acceptors (Lipinski definition) is 6. The smallest absolute Gasteiger partial charge is 0.344 e. The zero-order chi connectivity index (χ0) is 21.8. The number of rotatable bonds is 13. The summed E-state index contributed by atoms with van der Waals surface area (Å²) in [6, 6.07) is 8.74. The highest BCUT2D eigenvalue weighted by atomic mass is 16.6. The van der Waals surface area contributed by atoms with Gasteiger partial charge in [0.25, 0.3) is 0 Å². The predicted molar refractivity (Wildman–Crippen MR) is 115 cm³/mol. The number of nitrogens with zero attached hydrogens (tertiary/aromatic N) is 1. The summed E-state index contributed by atoms with van der Waals surface area (Å²) in [5, 5.41) is 0. The Hall–Kier alpha value is -2.96. The van der Waals surface area contributed by atoms with E-state index in [1.165, 1.54) is 6.07 Å². The van der Waals surface area contributed by atoms with E-state index in [9.17, 15) is 9.59 Å². The molecule has 0 saturated carbocycles. The van der Waals surface area contributed by atoms with Gasteiger partial charge >= 0.3 is 5.97 Å². The number of carbonyl (C=O) groups is 1. The Labute approximate surface area is 177 Å². The average Bonchev–Trinajstić information content (AvgIpc) is 2.75. The Kier molecular flexibility index (Phi) is 9.77. The van der Waals surface area contributed by atoms with Gasteiger partial charge in [-0.05, 0) is 37.6 Å². The van der Waals surface area contributed by atoms with Gasteiger partial charge < -0.3 is 23.5 Å². The van der Waals surface area contributed by atoms with Crippen molar-refractivity contribution in [3.05, 3.63) is 52.4 Å². The molecule has 0 saturated heterocycles. The summed E-state index contributed by atoms with van der Waals surface area (Å²) in [7, 11) is 1.61. The summed E-state index contributed by atoms with van der Waals surface area (Å²) in [6.45, 7) is 4.94. The SMILES string of the molecule is CCCCCCOC(=O)COc1c(C)n(CCOc2ccc(OC)cc2)ccc1=O. The molecule has 0 radical (unpaired) electrons. The molecule has 1 aromatic heterocycles. The van der Waals surface area contributed by atoms with Crippen LogP contribution in [0.25, 0.3) is 0 Å². The van der Waals surface area contributed by atoms with E-state index in [0.29, 0.717) is 25.5 Å². The van der Waals surface area contributed by atoms with Gasteiger partial charge in [0.2, 0.25) is 5.43 Å². The van der Waals surface area contributed by atoms with Gasteiger partial charge in [-0.3, -0.25) is 4.79 Å². The lowest BCUT2D eigenvalue weighted by atomic mass is 10.2. The van der Waals surface area contributed by atoms with E-state index in [4.69, 9.17) is 18.9 Å². The minimum Gasteiger partial charge on any atom is -0.497 e. The van der Waals surface area contributed by atoms with E-state index in [1.54, 1.807) is 20.2 Å². The molecule has 0 atom stereocenters. The topological polar surface area (TPSA) is 76.0 Å². The fourth-order valence-electron chi connectivity index (χ4n) is 2.89. The third kappa shape index (κ3) is 7.46. The maximum absolute atomic E-state index is 12.2. The molecular weight excluding hydrogens is 386 g/mol. The highest BCUT2D eigenvalue weighted by Crippen LogP contribution is 2.17. The van der Waals surface area contributed by atoms with Gasteiger partial charge in [-0.2, -0.15) is 0 Å². The van der Waals surface area contributed by atoms with Gasteiger partial charge in [0.15, 0.2) is 12.4 Å². The van der Waals surface area contributed by atoms with Gasteiger partial charge in [-0.15, -0.1) is 0 Å². The number of esters is 1. The normalized spacial score (nSPS) is 10.5. The molecule has 2 aromatic rings. The highest BCUT2D eigenvalue weighted by molar-refractivity contribution is 5.71. The van der Waals surface area contributed by atoms with Gasteiger partial charge in [-0.1, -0.05) is 26.2 Å². The second-order valence-electron chi connectivity index (χ2n) is 6.88. The van der Waals surface area contributed by atoms with E-state index in [0.717, 1.165) is 37.2 Å². The van der Waals surface area contributed by atoms with Crippen LogP contribution >= 0.6 is 0 Å². The molecule has 30 heavy (non-hydrogen) atoms. The molecule has 1 heterocycles. The molecule has 7 nitrogen and oxygen atoms in total. The van der Waals surface area contributed by atoms with E-state index in [1.807, 2.05) is 28.8 Å². The fraction of sp³-hybridized carbons (Fsp3) is 0.478. The van der Waals surface area contributed by atoms with Crippen LogP contribution in [-0.2, 0) is 16.1 Å². The van der Waals surface area contributed by atoms with Crippen molar-refractivity contribution in [2.45, 2.75) is 46.1 Å². The second-order valence-corrected chi connectivity index (χ2v) is 6.88. The Bertz CT molecular complexity index is 844. The van der Waals surface area contributed by atoms with Gasteiger partial charge in [0, 0.05) is 12.3 Å². The van der Waals surface area contributed by atoms with E-state index >= 15 is 0 Å². The maximum atomic E-state index is 12.2. The molecule has 0 spiro atoms. The zero-order valence-corrected chi connectivity index (χ0v) is 18.0. The van der Waals surface area contributed by atoms with Crippen molar-refractivity contribution >= 4 is 5.97 Å². The molecule has 0 aliphatic heterocycles. The number of methoxy groups -OCH3 is 1. The number of carbonyl (C=O) groups excluding carboxylic acids is 1. The van der Waals surface area contributed by atoms with Crippen molar-refractivity contribution in [1.82, 2.24) is 4.57 Å². The largest absolute Gasteiger partial charge is 0.497 e. The Morgan fingerprint density at radius 3 is 2.40 bits per heavy atom. The van der Waals surface area contributed by atoms with Crippen molar-refractivity contribution in [2.75, 3.05) is 26.9 Å². The molecule has 0 aliphatic carbocycles. The molecule has 7 heteroatoms. The van der Waals surface area contributed by atoms with E-state index in [-0.39, 0.29) is 17.8 Å². The number of pyridine rings is 1. The van der Waals surface area contributed by atoms with Crippen molar-refractivity contribution in [3.8, 4) is 17.2 Å². The highest BCUT2D eigenvalue weighted by Gasteiger charge is 2.12. The predicted octanol–water partition coefficient (Wildman–Crippen LogP) is 3.75. The molecule has 0 fully saturated rings. The second kappa shape index (κ2) is 12.6. The first-order chi connectivity index (χ1) is 14.5. The van der Waals surface area contributed by atoms with Crippen molar-refractivity contribution in [1.29, 1.82) is 0 Å². The monoisotopic (exact) mass is 417 g/mol. The Balaban J connectivity index is 1.84. The first kappa shape index (κ1) is 23.3. The van der Waals surface area contributed by atoms with Crippen LogP contribution in [0.1, 0.15) is 38.3 Å². The van der Waals surface area contributed by atoms with Crippen LogP contribution < -0.4 is 19.6 Å². The van der Waals surface area contributed by atoms with Crippen LogP contribution in [0.15, 0.2) is 41.3 Å². The molecule has 164 valence electrons. The molecule has 0 N–H and O–H groups in total. The number of ether oxygens (including phenoxy) is 4. The Morgan fingerprint density at radius 2 is 1.70 bits per heavy atom. The minimum absolute atomic E-state index is 0.157. The zero-order valence-electron chi connectivity index (χ0n) is 18.0. The molecule has 1 aromatic carbocycles. The van der Waals surface area contributed by atoms with Crippen LogP contribution in [0.2, 0.25) is 0 Å². The van der Waals surface area contributed by atoms with Gasteiger partial charge in [-0.25, -0.2) is 4.79 Å². The van der Waals surface area contributed by atoms with Crippen molar-refractivity contribution in [2.24, 2.45) is 0 Å². The summed E-state index contributed by atoms with van der Waals surface area (Å²) in [5.74, 6) is 1.18. The summed E-state index contributed by atoms with van der Waals surface area (Å²) >= 11 is 0. The standard InChI is InChI=1S/C23H31NO6/c1-4-5-6-7-15-29-22(26)17-30-23-18(2)24(13-12-21(23)25)14-16-28-20-10-8-19(27-3)9-11-20/h8-13H,4-7,14-17H2,1-3H3. The third-order valence-electron chi connectivity index (χ3n) is 4.64. The van der Waals surface area contributed by atoms with Crippen LogP contribution in [0.3, 0.4) is 0 Å². The van der Waals surface area contributed by atoms with Crippen molar-refractivity contribution in [3.63, 3.8) is 0 Å². The van der Waals surface area contributed by atoms with Crippen LogP contribution in [0, 0.1) is 6.92 Å². The van der Waals surface area contributed by atoms with Crippen LogP contribution in [-0.4, -0.2) is 37.5 Å². The lowest BCUT2D eigenvalue weighted by Gasteiger charge is -2.15. The number of benzene rings is 1. The first-order valence-corrected chi connectivity index (χ1v) is 10.3. The van der Waals surface area contributed by atoms with Crippen molar-refractivity contribution < 1.29 is 23.7 Å². The summed E-state index contributed by atoms with van der Waals surface area (Å²) < 4.78 is 23.3. The Morgan fingerprint density at radius 1 is 0.967 bits per heavy atom. The number of unbranched alkanes of at least 4 members (excludes halogenated alkanes) is 3. The maximum Gasteiger partial charge on any atom is 0.344 e. The van der Waals surface area contributed by atoms with E-state index < -0.39 is 5.97 Å². The molecule has 0 aliphatic rings. The van der Waals surface area contributed by atoms with Crippen LogP contribution in [0.4, 0.5) is 0 Å². The minimum atomic E-state index is -0.469. The average molecular weight is 418 g/mol.